The minimum Gasteiger partial charge on any atom is -0.496 e. The van der Waals surface area contributed by atoms with Crippen LogP contribution in [-0.4, -0.2) is 46.7 Å². The van der Waals surface area contributed by atoms with Crippen molar-refractivity contribution in [2.45, 2.75) is 39.8 Å². The molecule has 0 aliphatic rings. The van der Waals surface area contributed by atoms with Crippen LogP contribution in [0.3, 0.4) is 0 Å². The molecule has 2 aromatic heterocycles. The smallest absolute Gasteiger partial charge is 0.239 e. The maximum atomic E-state index is 12.6. The van der Waals surface area contributed by atoms with Crippen molar-refractivity contribution < 1.29 is 9.53 Å². The first-order valence-electron chi connectivity index (χ1n) is 11.5. The van der Waals surface area contributed by atoms with Gasteiger partial charge in [-0.1, -0.05) is 53.3 Å². The Balaban J connectivity index is 1.54. The van der Waals surface area contributed by atoms with Gasteiger partial charge in [0.15, 0.2) is 5.82 Å². The minimum atomic E-state index is -0.178. The van der Waals surface area contributed by atoms with Crippen LogP contribution in [0, 0.1) is 6.92 Å². The lowest BCUT2D eigenvalue weighted by Crippen LogP contribution is -2.35. The van der Waals surface area contributed by atoms with Gasteiger partial charge in [0.1, 0.15) is 11.4 Å². The minimum absolute atomic E-state index is 0.0975. The number of aromatic nitrogens is 3. The predicted octanol–water partition coefficient (Wildman–Crippen LogP) is 4.74. The lowest BCUT2D eigenvalue weighted by molar-refractivity contribution is -0.119. The molecule has 35 heavy (non-hydrogen) atoms. The van der Waals surface area contributed by atoms with Crippen LogP contribution in [0.25, 0.3) is 16.2 Å². The van der Waals surface area contributed by atoms with Gasteiger partial charge in [-0.15, -0.1) is 5.10 Å². The van der Waals surface area contributed by atoms with Gasteiger partial charge in [-0.25, -0.2) is 4.98 Å². The number of likely N-dealkylation sites (N-methyl/N-ethyl adjacent to an activating group) is 1. The van der Waals surface area contributed by atoms with Gasteiger partial charge in [-0.2, -0.15) is 4.52 Å². The van der Waals surface area contributed by atoms with Gasteiger partial charge < -0.3 is 20.3 Å². The van der Waals surface area contributed by atoms with Gasteiger partial charge >= 0.3 is 0 Å². The molecule has 0 aliphatic heterocycles. The molecular formula is C26H32N6O2S. The molecule has 0 saturated carbocycles. The van der Waals surface area contributed by atoms with Gasteiger partial charge in [-0.05, 0) is 39.8 Å². The van der Waals surface area contributed by atoms with E-state index in [1.54, 1.807) is 7.11 Å². The highest BCUT2D eigenvalue weighted by Crippen LogP contribution is 2.34. The van der Waals surface area contributed by atoms with Crippen molar-refractivity contribution in [2.24, 2.45) is 0 Å². The number of benzene rings is 2. The third-order valence-corrected chi connectivity index (χ3v) is 6.38. The number of rotatable bonds is 8. The maximum absolute atomic E-state index is 12.6. The van der Waals surface area contributed by atoms with E-state index >= 15 is 0 Å². The molecule has 4 aromatic rings. The number of anilines is 2. The molecular weight excluding hydrogens is 460 g/mol. The molecule has 1 amide bonds. The number of aryl methyl sites for hydroxylation is 1. The molecule has 0 bridgehead atoms. The Morgan fingerprint density at radius 3 is 2.66 bits per heavy atom. The third kappa shape index (κ3) is 5.74. The standard InChI is InChI=1S/C26H32N6O2S/c1-17-10-9-12-18(14-17)22-23(29-26(2,3)4)32-24(28-22)35-25(30-32)31(5)16-21(33)27-15-19-11-7-8-13-20(19)34-6/h7-14,29H,15-16H2,1-6H3,(H,27,33). The number of carbonyl (C=O) groups excluding carboxylic acids is 1. The summed E-state index contributed by atoms with van der Waals surface area (Å²) in [6, 6.07) is 15.9. The summed E-state index contributed by atoms with van der Waals surface area (Å²) >= 11 is 1.45. The Labute approximate surface area is 209 Å². The normalized spacial score (nSPS) is 11.5. The first kappa shape index (κ1) is 24.5. The van der Waals surface area contributed by atoms with E-state index in [4.69, 9.17) is 14.8 Å². The highest BCUT2D eigenvalue weighted by Gasteiger charge is 2.23. The van der Waals surface area contributed by atoms with Crippen LogP contribution in [-0.2, 0) is 11.3 Å². The summed E-state index contributed by atoms with van der Waals surface area (Å²) in [7, 11) is 3.49. The summed E-state index contributed by atoms with van der Waals surface area (Å²) in [5.74, 6) is 1.50. The van der Waals surface area contributed by atoms with E-state index in [0.29, 0.717) is 11.7 Å². The van der Waals surface area contributed by atoms with Gasteiger partial charge in [0.25, 0.3) is 0 Å². The predicted molar refractivity (Wildman–Crippen MR) is 143 cm³/mol. The number of para-hydroxylation sites is 1. The summed E-state index contributed by atoms with van der Waals surface area (Å²) in [5.41, 5.74) is 3.84. The highest BCUT2D eigenvalue weighted by molar-refractivity contribution is 7.20. The van der Waals surface area contributed by atoms with E-state index in [2.05, 4.69) is 56.5 Å². The molecule has 8 nitrogen and oxygen atoms in total. The van der Waals surface area contributed by atoms with Crippen LogP contribution in [0.15, 0.2) is 48.5 Å². The number of hydrogen-bond acceptors (Lipinski definition) is 7. The van der Waals surface area contributed by atoms with Crippen LogP contribution >= 0.6 is 11.3 Å². The topological polar surface area (TPSA) is 83.8 Å². The molecule has 0 saturated heterocycles. The lowest BCUT2D eigenvalue weighted by Gasteiger charge is -2.22. The second-order valence-corrected chi connectivity index (χ2v) is 10.5. The van der Waals surface area contributed by atoms with Crippen LogP contribution in [0.4, 0.5) is 10.9 Å². The van der Waals surface area contributed by atoms with Crippen LogP contribution < -0.4 is 20.3 Å². The molecule has 0 atom stereocenters. The second-order valence-electron chi connectivity index (χ2n) is 9.58. The number of carbonyl (C=O) groups is 1. The SMILES string of the molecule is COc1ccccc1CNC(=O)CN(C)c1nn2c(NC(C)(C)C)c(-c3cccc(C)c3)nc2s1. The molecule has 9 heteroatoms. The van der Waals surface area contributed by atoms with Crippen LogP contribution in [0.2, 0.25) is 0 Å². The Morgan fingerprint density at radius 1 is 1.17 bits per heavy atom. The molecule has 184 valence electrons. The average molecular weight is 493 g/mol. The van der Waals surface area contributed by atoms with Crippen molar-refractivity contribution >= 4 is 33.2 Å². The number of fused-ring (bicyclic) bond motifs is 1. The molecule has 2 aromatic carbocycles. The Kier molecular flexibility index (Phi) is 6.98. The lowest BCUT2D eigenvalue weighted by atomic mass is 10.1. The zero-order valence-corrected chi connectivity index (χ0v) is 21.9. The molecule has 0 fully saturated rings. The van der Waals surface area contributed by atoms with Crippen molar-refractivity contribution in [3.63, 3.8) is 0 Å². The van der Waals surface area contributed by atoms with Crippen molar-refractivity contribution in [2.75, 3.05) is 30.9 Å². The third-order valence-electron chi connectivity index (χ3n) is 5.35. The van der Waals surface area contributed by atoms with Crippen LogP contribution in [0.1, 0.15) is 31.9 Å². The Morgan fingerprint density at radius 2 is 1.94 bits per heavy atom. The van der Waals surface area contributed by atoms with Crippen molar-refractivity contribution in [3.05, 3.63) is 59.7 Å². The van der Waals surface area contributed by atoms with Gasteiger partial charge in [-0.3, -0.25) is 4.79 Å². The fourth-order valence-electron chi connectivity index (χ4n) is 3.74. The van der Waals surface area contributed by atoms with Gasteiger partial charge in [0, 0.05) is 30.3 Å². The zero-order chi connectivity index (χ0) is 25.2. The molecule has 0 unspecified atom stereocenters. The number of imidazole rings is 1. The van der Waals surface area contributed by atoms with Crippen molar-refractivity contribution in [1.29, 1.82) is 0 Å². The number of nitrogens with one attached hydrogen (secondary N) is 2. The van der Waals surface area contributed by atoms with E-state index in [0.717, 1.165) is 33.3 Å². The molecule has 0 radical (unpaired) electrons. The van der Waals surface area contributed by atoms with Crippen molar-refractivity contribution in [3.8, 4) is 17.0 Å². The zero-order valence-electron chi connectivity index (χ0n) is 21.0. The molecule has 4 rings (SSSR count). The molecule has 0 aliphatic carbocycles. The Bertz CT molecular complexity index is 1340. The summed E-state index contributed by atoms with van der Waals surface area (Å²) < 4.78 is 7.20. The summed E-state index contributed by atoms with van der Waals surface area (Å²) in [6.07, 6.45) is 0. The highest BCUT2D eigenvalue weighted by atomic mass is 32.1. The monoisotopic (exact) mass is 492 g/mol. The molecule has 0 spiro atoms. The number of ether oxygens (including phenoxy) is 1. The summed E-state index contributed by atoms with van der Waals surface area (Å²) in [6.45, 7) is 8.98. The summed E-state index contributed by atoms with van der Waals surface area (Å²) in [4.78, 5) is 20.1. The number of hydrogen-bond donors (Lipinski definition) is 2. The first-order valence-corrected chi connectivity index (χ1v) is 12.3. The fourth-order valence-corrected chi connectivity index (χ4v) is 4.60. The van der Waals surface area contributed by atoms with E-state index in [1.165, 1.54) is 16.9 Å². The van der Waals surface area contributed by atoms with Crippen LogP contribution in [0.5, 0.6) is 5.75 Å². The molecule has 2 N–H and O–H groups in total. The second kappa shape index (κ2) is 9.95. The molecule has 2 heterocycles. The number of nitrogens with zero attached hydrogens (tertiary/aromatic N) is 4. The average Bonchev–Trinajstić information content (AvgIpc) is 3.36. The number of amides is 1. The largest absolute Gasteiger partial charge is 0.496 e. The van der Waals surface area contributed by atoms with E-state index in [9.17, 15) is 4.79 Å². The first-order chi connectivity index (χ1) is 16.6. The van der Waals surface area contributed by atoms with E-state index in [-0.39, 0.29) is 18.0 Å². The Hall–Kier alpha value is -3.59. The number of methoxy groups -OCH3 is 1. The fraction of sp³-hybridized carbons (Fsp3) is 0.346. The van der Waals surface area contributed by atoms with Gasteiger partial charge in [0.05, 0.1) is 13.7 Å². The van der Waals surface area contributed by atoms with E-state index in [1.807, 2.05) is 46.8 Å². The van der Waals surface area contributed by atoms with Gasteiger partial charge in [0.2, 0.25) is 16.0 Å². The quantitative estimate of drug-likeness (QED) is 0.370. The maximum Gasteiger partial charge on any atom is 0.239 e. The van der Waals surface area contributed by atoms with Crippen molar-refractivity contribution in [1.82, 2.24) is 19.9 Å². The summed E-state index contributed by atoms with van der Waals surface area (Å²) in [5, 5.41) is 12.0. The van der Waals surface area contributed by atoms with E-state index < -0.39 is 0 Å².